The van der Waals surface area contributed by atoms with Crippen LogP contribution < -0.4 is 10.1 Å². The fraction of sp³-hybridized carbons (Fsp3) is 0.294. The Morgan fingerprint density at radius 1 is 1.14 bits per heavy atom. The molecule has 2 rings (SSSR count). The average molecular weight is 369 g/mol. The molecule has 21 heavy (non-hydrogen) atoms. The lowest BCUT2D eigenvalue weighted by atomic mass is 10.1. The van der Waals surface area contributed by atoms with E-state index in [-0.39, 0.29) is 0 Å². The third kappa shape index (κ3) is 5.03. The molecule has 0 aliphatic heterocycles. The first-order valence-corrected chi connectivity index (χ1v) is 8.15. The van der Waals surface area contributed by atoms with Crippen LogP contribution in [-0.4, -0.2) is 6.54 Å². The molecule has 0 saturated carbocycles. The van der Waals surface area contributed by atoms with Crippen molar-refractivity contribution in [1.29, 1.82) is 0 Å². The van der Waals surface area contributed by atoms with Crippen LogP contribution >= 0.6 is 27.5 Å². The predicted molar refractivity (Wildman–Crippen MR) is 92.2 cm³/mol. The van der Waals surface area contributed by atoms with Crippen molar-refractivity contribution in [2.75, 3.05) is 6.54 Å². The minimum Gasteiger partial charge on any atom is -0.456 e. The van der Waals surface area contributed by atoms with E-state index in [0.717, 1.165) is 39.6 Å². The fourth-order valence-corrected chi connectivity index (χ4v) is 2.49. The summed E-state index contributed by atoms with van der Waals surface area (Å²) in [5, 5.41) is 4.14. The quantitative estimate of drug-likeness (QED) is 0.712. The highest BCUT2D eigenvalue weighted by Crippen LogP contribution is 2.32. The van der Waals surface area contributed by atoms with Crippen LogP contribution in [0.2, 0.25) is 5.02 Å². The molecule has 0 atom stereocenters. The summed E-state index contributed by atoms with van der Waals surface area (Å²) in [5.74, 6) is 2.23. The third-order valence-corrected chi connectivity index (χ3v) is 3.84. The van der Waals surface area contributed by atoms with Gasteiger partial charge in [-0.2, -0.15) is 0 Å². The van der Waals surface area contributed by atoms with Gasteiger partial charge in [0.1, 0.15) is 11.5 Å². The summed E-state index contributed by atoms with van der Waals surface area (Å²) in [6, 6.07) is 13.5. The van der Waals surface area contributed by atoms with Gasteiger partial charge in [0.15, 0.2) is 0 Å². The Morgan fingerprint density at radius 2 is 1.90 bits per heavy atom. The molecule has 0 heterocycles. The molecule has 0 radical (unpaired) electrons. The van der Waals surface area contributed by atoms with Gasteiger partial charge < -0.3 is 10.1 Å². The molecule has 4 heteroatoms. The Labute approximate surface area is 139 Å². The molecule has 0 bridgehead atoms. The Morgan fingerprint density at radius 3 is 2.62 bits per heavy atom. The normalized spacial score (nSPS) is 10.9. The molecule has 112 valence electrons. The molecular weight excluding hydrogens is 350 g/mol. The van der Waals surface area contributed by atoms with Gasteiger partial charge in [0.05, 0.1) is 4.47 Å². The van der Waals surface area contributed by atoms with E-state index >= 15 is 0 Å². The molecule has 0 aliphatic rings. The molecule has 0 fully saturated rings. The van der Waals surface area contributed by atoms with Crippen molar-refractivity contribution in [2.45, 2.75) is 20.4 Å². The van der Waals surface area contributed by atoms with E-state index in [1.165, 1.54) is 0 Å². The largest absolute Gasteiger partial charge is 0.456 e. The molecule has 1 N–H and O–H groups in total. The maximum atomic E-state index is 6.10. The molecule has 2 aromatic rings. The van der Waals surface area contributed by atoms with Crippen molar-refractivity contribution < 1.29 is 4.74 Å². The molecule has 0 aromatic heterocycles. The summed E-state index contributed by atoms with van der Waals surface area (Å²) >= 11 is 9.60. The monoisotopic (exact) mass is 367 g/mol. The van der Waals surface area contributed by atoms with Gasteiger partial charge in [0.25, 0.3) is 0 Å². The number of para-hydroxylation sites is 1. The highest BCUT2D eigenvalue weighted by molar-refractivity contribution is 9.10. The number of hydrogen-bond acceptors (Lipinski definition) is 2. The van der Waals surface area contributed by atoms with Gasteiger partial charge in [0.2, 0.25) is 0 Å². The molecule has 2 nitrogen and oxygen atoms in total. The second kappa shape index (κ2) is 7.83. The van der Waals surface area contributed by atoms with E-state index in [4.69, 9.17) is 16.3 Å². The maximum absolute atomic E-state index is 6.10. The summed E-state index contributed by atoms with van der Waals surface area (Å²) in [5.41, 5.74) is 1.05. The van der Waals surface area contributed by atoms with Crippen LogP contribution in [0.4, 0.5) is 0 Å². The van der Waals surface area contributed by atoms with E-state index < -0.39 is 0 Å². The molecule has 2 aromatic carbocycles. The lowest BCUT2D eigenvalue weighted by molar-refractivity contribution is 0.466. The number of rotatable bonds is 6. The minimum atomic E-state index is 0.608. The van der Waals surface area contributed by atoms with Crippen LogP contribution in [0, 0.1) is 5.92 Å². The lowest BCUT2D eigenvalue weighted by Crippen LogP contribution is -2.19. The van der Waals surface area contributed by atoms with Crippen molar-refractivity contribution in [1.82, 2.24) is 5.32 Å². The smallest absolute Gasteiger partial charge is 0.141 e. The van der Waals surface area contributed by atoms with Crippen LogP contribution in [0.5, 0.6) is 11.5 Å². The second-order valence-corrected chi connectivity index (χ2v) is 6.60. The SMILES string of the molecule is CC(C)CNCc1cc(Cl)ccc1Oc1ccccc1Br. The average Bonchev–Trinajstić information content (AvgIpc) is 2.43. The van der Waals surface area contributed by atoms with Gasteiger partial charge in [0, 0.05) is 17.1 Å². The first-order chi connectivity index (χ1) is 10.1. The predicted octanol–water partition coefficient (Wildman–Crippen LogP) is 5.64. The van der Waals surface area contributed by atoms with Crippen molar-refractivity contribution >= 4 is 27.5 Å². The molecular formula is C17H19BrClNO. The van der Waals surface area contributed by atoms with E-state index in [9.17, 15) is 0 Å². The fourth-order valence-electron chi connectivity index (χ4n) is 1.93. The first-order valence-electron chi connectivity index (χ1n) is 6.98. The standard InChI is InChI=1S/C17H19BrClNO/c1-12(2)10-20-11-13-9-14(19)7-8-16(13)21-17-6-4-3-5-15(17)18/h3-9,12,20H,10-11H2,1-2H3. The zero-order valence-electron chi connectivity index (χ0n) is 12.2. The zero-order chi connectivity index (χ0) is 15.2. The minimum absolute atomic E-state index is 0.608. The van der Waals surface area contributed by atoms with Gasteiger partial charge in [-0.25, -0.2) is 0 Å². The Hall–Kier alpha value is -1.03. The van der Waals surface area contributed by atoms with Crippen molar-refractivity contribution in [3.05, 3.63) is 57.5 Å². The van der Waals surface area contributed by atoms with E-state index in [2.05, 4.69) is 35.1 Å². The number of benzene rings is 2. The maximum Gasteiger partial charge on any atom is 0.141 e. The lowest BCUT2D eigenvalue weighted by Gasteiger charge is -2.14. The number of hydrogen-bond donors (Lipinski definition) is 1. The van der Waals surface area contributed by atoms with Gasteiger partial charge in [-0.3, -0.25) is 0 Å². The number of halogens is 2. The van der Waals surface area contributed by atoms with Gasteiger partial charge in [-0.05, 0) is 58.7 Å². The van der Waals surface area contributed by atoms with Crippen molar-refractivity contribution in [3.63, 3.8) is 0 Å². The second-order valence-electron chi connectivity index (χ2n) is 5.31. The summed E-state index contributed by atoms with van der Waals surface area (Å²) in [6.07, 6.45) is 0. The van der Waals surface area contributed by atoms with Crippen LogP contribution in [0.1, 0.15) is 19.4 Å². The number of nitrogens with one attached hydrogen (secondary N) is 1. The van der Waals surface area contributed by atoms with Crippen LogP contribution in [0.25, 0.3) is 0 Å². The first kappa shape index (κ1) is 16.3. The molecule has 0 amide bonds. The van der Waals surface area contributed by atoms with E-state index in [0.29, 0.717) is 5.92 Å². The van der Waals surface area contributed by atoms with E-state index in [1.807, 2.05) is 42.5 Å². The summed E-state index contributed by atoms with van der Waals surface area (Å²) in [6.45, 7) is 6.06. The summed E-state index contributed by atoms with van der Waals surface area (Å²) in [7, 11) is 0. The van der Waals surface area contributed by atoms with Crippen molar-refractivity contribution in [3.8, 4) is 11.5 Å². The molecule has 0 spiro atoms. The third-order valence-electron chi connectivity index (χ3n) is 2.95. The van der Waals surface area contributed by atoms with Crippen molar-refractivity contribution in [2.24, 2.45) is 5.92 Å². The Balaban J connectivity index is 2.16. The van der Waals surface area contributed by atoms with Crippen LogP contribution in [0.15, 0.2) is 46.9 Å². The number of ether oxygens (including phenoxy) is 1. The molecule has 0 saturated heterocycles. The Bertz CT molecular complexity index is 601. The molecule has 0 unspecified atom stereocenters. The zero-order valence-corrected chi connectivity index (χ0v) is 14.5. The highest BCUT2D eigenvalue weighted by Gasteiger charge is 2.08. The van der Waals surface area contributed by atoms with E-state index in [1.54, 1.807) is 0 Å². The summed E-state index contributed by atoms with van der Waals surface area (Å²) in [4.78, 5) is 0. The van der Waals surface area contributed by atoms with Gasteiger partial charge in [-0.15, -0.1) is 0 Å². The van der Waals surface area contributed by atoms with Crippen LogP contribution in [0.3, 0.4) is 0 Å². The molecule has 0 aliphatic carbocycles. The Kier molecular flexibility index (Phi) is 6.09. The topological polar surface area (TPSA) is 21.3 Å². The van der Waals surface area contributed by atoms with Crippen LogP contribution in [-0.2, 0) is 6.54 Å². The summed E-state index contributed by atoms with van der Waals surface area (Å²) < 4.78 is 6.94. The van der Waals surface area contributed by atoms with Gasteiger partial charge in [-0.1, -0.05) is 37.6 Å². The van der Waals surface area contributed by atoms with Gasteiger partial charge >= 0.3 is 0 Å². The highest BCUT2D eigenvalue weighted by atomic mass is 79.9.